The molecule has 21 heavy (non-hydrogen) atoms. The van der Waals surface area contributed by atoms with E-state index >= 15 is 0 Å². The molecule has 3 rings (SSSR count). The van der Waals surface area contributed by atoms with Gasteiger partial charge in [-0.1, -0.05) is 5.92 Å². The first-order valence-electron chi connectivity index (χ1n) is 6.87. The van der Waals surface area contributed by atoms with Crippen molar-refractivity contribution in [3.63, 3.8) is 0 Å². The minimum atomic E-state index is -3.08. The van der Waals surface area contributed by atoms with Crippen LogP contribution in [0.1, 0.15) is 41.6 Å². The molecular weight excluding hydrogens is 292 g/mol. The van der Waals surface area contributed by atoms with Gasteiger partial charge in [-0.2, -0.15) is 0 Å². The molecule has 112 valence electrons. The number of nitrogens with zero attached hydrogens (tertiary/aromatic N) is 3. The molecule has 1 aliphatic heterocycles. The van der Waals surface area contributed by atoms with Crippen LogP contribution in [0.4, 0.5) is 0 Å². The van der Waals surface area contributed by atoms with Gasteiger partial charge >= 0.3 is 0 Å². The predicted octanol–water partition coefficient (Wildman–Crippen LogP) is -0.0554. The summed E-state index contributed by atoms with van der Waals surface area (Å²) in [6.07, 6.45) is 7.82. The van der Waals surface area contributed by atoms with Gasteiger partial charge in [0.05, 0.1) is 18.1 Å². The number of hydrogen-bond donors (Lipinski definition) is 1. The van der Waals surface area contributed by atoms with Crippen molar-refractivity contribution in [1.82, 2.24) is 20.1 Å². The van der Waals surface area contributed by atoms with Crippen molar-refractivity contribution >= 4 is 15.7 Å². The summed E-state index contributed by atoms with van der Waals surface area (Å²) in [5.41, 5.74) is 0. The fraction of sp³-hybridized carbons (Fsp3) is 0.615. The SMILES string of the molecule is C#CCN(C(=O)c1n[nH]c(C2CC2)n1)C1CCS(=O)(=O)C1. The molecule has 1 saturated carbocycles. The van der Waals surface area contributed by atoms with Crippen LogP contribution >= 0.6 is 0 Å². The molecule has 8 heteroatoms. The van der Waals surface area contributed by atoms with Crippen molar-refractivity contribution in [2.75, 3.05) is 18.1 Å². The average Bonchev–Trinajstić information content (AvgIpc) is 3.06. The van der Waals surface area contributed by atoms with Gasteiger partial charge in [0.2, 0.25) is 5.82 Å². The van der Waals surface area contributed by atoms with Crippen LogP contribution in [0.3, 0.4) is 0 Å². The van der Waals surface area contributed by atoms with Crippen molar-refractivity contribution in [1.29, 1.82) is 0 Å². The molecule has 7 nitrogen and oxygen atoms in total. The van der Waals surface area contributed by atoms with E-state index in [1.165, 1.54) is 4.90 Å². The molecule has 1 N–H and O–H groups in total. The van der Waals surface area contributed by atoms with Crippen LogP contribution in [0, 0.1) is 12.3 Å². The summed E-state index contributed by atoms with van der Waals surface area (Å²) in [5.74, 6) is 3.21. The summed E-state index contributed by atoms with van der Waals surface area (Å²) in [6, 6.07) is -0.388. The summed E-state index contributed by atoms with van der Waals surface area (Å²) >= 11 is 0. The maximum Gasteiger partial charge on any atom is 0.294 e. The Morgan fingerprint density at radius 1 is 1.43 bits per heavy atom. The smallest absolute Gasteiger partial charge is 0.294 e. The van der Waals surface area contributed by atoms with E-state index in [-0.39, 0.29) is 29.9 Å². The number of rotatable bonds is 4. The molecule has 2 heterocycles. The van der Waals surface area contributed by atoms with Crippen LogP contribution in [0.25, 0.3) is 0 Å². The Balaban J connectivity index is 1.79. The van der Waals surface area contributed by atoms with Crippen LogP contribution < -0.4 is 0 Å². The molecule has 1 amide bonds. The average molecular weight is 308 g/mol. The monoisotopic (exact) mass is 308 g/mol. The van der Waals surface area contributed by atoms with Crippen LogP contribution in [-0.4, -0.2) is 58.5 Å². The Morgan fingerprint density at radius 2 is 2.19 bits per heavy atom. The lowest BCUT2D eigenvalue weighted by atomic mass is 10.2. The molecule has 1 aromatic rings. The minimum Gasteiger partial charge on any atom is -0.321 e. The van der Waals surface area contributed by atoms with Gasteiger partial charge in [-0.3, -0.25) is 9.89 Å². The van der Waals surface area contributed by atoms with Crippen LogP contribution in [0.5, 0.6) is 0 Å². The lowest BCUT2D eigenvalue weighted by Crippen LogP contribution is -2.41. The second kappa shape index (κ2) is 5.15. The van der Waals surface area contributed by atoms with Gasteiger partial charge in [-0.05, 0) is 19.3 Å². The highest BCUT2D eigenvalue weighted by molar-refractivity contribution is 7.91. The van der Waals surface area contributed by atoms with E-state index < -0.39 is 15.7 Å². The third-order valence-electron chi connectivity index (χ3n) is 3.83. The maximum absolute atomic E-state index is 12.5. The van der Waals surface area contributed by atoms with Gasteiger partial charge in [0, 0.05) is 12.0 Å². The van der Waals surface area contributed by atoms with E-state index in [1.807, 2.05) is 0 Å². The van der Waals surface area contributed by atoms with Gasteiger partial charge in [0.25, 0.3) is 5.91 Å². The molecule has 1 unspecified atom stereocenters. The van der Waals surface area contributed by atoms with Gasteiger partial charge in [-0.15, -0.1) is 11.5 Å². The van der Waals surface area contributed by atoms with Crippen molar-refractivity contribution in [3.8, 4) is 12.3 Å². The molecule has 0 aromatic carbocycles. The second-order valence-corrected chi connectivity index (χ2v) is 7.74. The molecular formula is C13H16N4O3S. The van der Waals surface area contributed by atoms with Gasteiger partial charge in [-0.25, -0.2) is 13.4 Å². The van der Waals surface area contributed by atoms with Gasteiger partial charge < -0.3 is 4.90 Å². The zero-order chi connectivity index (χ0) is 15.0. The Bertz CT molecular complexity index is 699. The highest BCUT2D eigenvalue weighted by Crippen LogP contribution is 2.37. The first-order chi connectivity index (χ1) is 10.00. The van der Waals surface area contributed by atoms with E-state index in [9.17, 15) is 13.2 Å². The number of carbonyl (C=O) groups excluding carboxylic acids is 1. The number of amides is 1. The van der Waals surface area contributed by atoms with Crippen LogP contribution in [0.15, 0.2) is 0 Å². The van der Waals surface area contributed by atoms with E-state index in [0.29, 0.717) is 12.3 Å². The summed E-state index contributed by atoms with van der Waals surface area (Å²) in [5, 5.41) is 6.72. The van der Waals surface area contributed by atoms with Crippen molar-refractivity contribution in [3.05, 3.63) is 11.6 Å². The minimum absolute atomic E-state index is 0.0413. The first kappa shape index (κ1) is 14.1. The highest BCUT2D eigenvalue weighted by atomic mass is 32.2. The number of H-pyrrole nitrogens is 1. The summed E-state index contributed by atoms with van der Waals surface area (Å²) in [4.78, 5) is 18.1. The van der Waals surface area contributed by atoms with E-state index in [0.717, 1.165) is 18.7 Å². The van der Waals surface area contributed by atoms with Crippen molar-refractivity contribution in [2.24, 2.45) is 0 Å². The number of terminal acetylenes is 1. The summed E-state index contributed by atoms with van der Waals surface area (Å²) < 4.78 is 23.2. The number of aromatic amines is 1. The number of sulfone groups is 1. The lowest BCUT2D eigenvalue weighted by Gasteiger charge is -2.24. The van der Waals surface area contributed by atoms with Gasteiger partial charge in [0.1, 0.15) is 5.82 Å². The zero-order valence-corrected chi connectivity index (χ0v) is 12.3. The van der Waals surface area contributed by atoms with E-state index in [1.54, 1.807) is 0 Å². The molecule has 2 aliphatic rings. The third kappa shape index (κ3) is 2.93. The normalized spacial score (nSPS) is 23.7. The van der Waals surface area contributed by atoms with E-state index in [2.05, 4.69) is 21.1 Å². The molecule has 1 aromatic heterocycles. The summed E-state index contributed by atoms with van der Waals surface area (Å²) in [6.45, 7) is 0.0618. The Morgan fingerprint density at radius 3 is 2.76 bits per heavy atom. The maximum atomic E-state index is 12.5. The molecule has 1 atom stereocenters. The Labute approximate surface area is 123 Å². The molecule has 2 fully saturated rings. The van der Waals surface area contributed by atoms with Crippen molar-refractivity contribution in [2.45, 2.75) is 31.2 Å². The highest BCUT2D eigenvalue weighted by Gasteiger charge is 2.36. The van der Waals surface area contributed by atoms with Crippen molar-refractivity contribution < 1.29 is 13.2 Å². The van der Waals surface area contributed by atoms with Crippen LogP contribution in [0.2, 0.25) is 0 Å². The largest absolute Gasteiger partial charge is 0.321 e. The summed E-state index contributed by atoms with van der Waals surface area (Å²) in [7, 11) is -3.08. The third-order valence-corrected chi connectivity index (χ3v) is 5.58. The number of aromatic nitrogens is 3. The predicted molar refractivity (Wildman–Crippen MR) is 75.3 cm³/mol. The molecule has 1 aliphatic carbocycles. The molecule has 0 bridgehead atoms. The topological polar surface area (TPSA) is 96.0 Å². The number of nitrogens with one attached hydrogen (secondary N) is 1. The Kier molecular flexibility index (Phi) is 3.45. The molecule has 0 spiro atoms. The van der Waals surface area contributed by atoms with Gasteiger partial charge in [0.15, 0.2) is 9.84 Å². The molecule has 1 saturated heterocycles. The van der Waals surface area contributed by atoms with E-state index in [4.69, 9.17) is 6.42 Å². The molecule has 0 radical (unpaired) electrons. The standard InChI is InChI=1S/C13H16N4O3S/c1-2-6-17(10-5-7-21(19,20)8-10)13(18)12-14-11(15-16-12)9-3-4-9/h1,9-10H,3-8H2,(H,14,15,16). The fourth-order valence-corrected chi connectivity index (χ4v) is 4.25. The quantitative estimate of drug-likeness (QED) is 0.786. The first-order valence-corrected chi connectivity index (χ1v) is 8.69. The Hall–Kier alpha value is -1.88. The fourth-order valence-electron chi connectivity index (χ4n) is 2.52. The second-order valence-electron chi connectivity index (χ2n) is 5.51. The van der Waals surface area contributed by atoms with Crippen LogP contribution in [-0.2, 0) is 9.84 Å². The number of carbonyl (C=O) groups is 1. The lowest BCUT2D eigenvalue weighted by molar-refractivity contribution is 0.0712. The number of hydrogen-bond acceptors (Lipinski definition) is 5. The zero-order valence-electron chi connectivity index (χ0n) is 11.4.